The van der Waals surface area contributed by atoms with Gasteiger partial charge in [0.25, 0.3) is 0 Å². The summed E-state index contributed by atoms with van der Waals surface area (Å²) in [6.45, 7) is 4.16. The van der Waals surface area contributed by atoms with Crippen molar-refractivity contribution in [1.29, 1.82) is 0 Å². The number of hydrogen-bond acceptors (Lipinski definition) is 2. The minimum Gasteiger partial charge on any atom is -0.341 e. The number of carbonyl (C=O) groups is 2. The molecule has 0 atom stereocenters. The monoisotopic (exact) mass is 387 g/mol. The molecule has 0 saturated carbocycles. The van der Waals surface area contributed by atoms with Crippen molar-refractivity contribution >= 4 is 40.2 Å². The van der Waals surface area contributed by atoms with Gasteiger partial charge < -0.3 is 15.1 Å². The van der Waals surface area contributed by atoms with Gasteiger partial charge in [-0.25, -0.2) is 4.79 Å². The minimum atomic E-state index is -0.100. The van der Waals surface area contributed by atoms with Gasteiger partial charge in [-0.2, -0.15) is 0 Å². The van der Waals surface area contributed by atoms with Crippen LogP contribution in [0.2, 0.25) is 0 Å². The Morgan fingerprint density at radius 3 is 2.30 bits per heavy atom. The summed E-state index contributed by atoms with van der Waals surface area (Å²) in [7, 11) is 0. The van der Waals surface area contributed by atoms with Crippen molar-refractivity contribution in [2.75, 3.05) is 31.5 Å². The van der Waals surface area contributed by atoms with Crippen LogP contribution in [-0.2, 0) is 4.79 Å². The average Bonchev–Trinajstić information content (AvgIpc) is 2.67. The molecule has 0 aliphatic carbocycles. The summed E-state index contributed by atoms with van der Waals surface area (Å²) in [4.78, 5) is 27.1. The van der Waals surface area contributed by atoms with E-state index < -0.39 is 0 Å². The highest BCUT2D eigenvalue weighted by Gasteiger charge is 2.20. The van der Waals surface area contributed by atoms with E-state index in [2.05, 4.69) is 27.9 Å². The van der Waals surface area contributed by atoms with Gasteiger partial charge in [0.2, 0.25) is 5.91 Å². The fourth-order valence-electron chi connectivity index (χ4n) is 2.17. The van der Waals surface area contributed by atoms with Crippen LogP contribution in [0, 0.1) is 3.57 Å². The Morgan fingerprint density at radius 1 is 1.05 bits per heavy atom. The van der Waals surface area contributed by atoms with Crippen molar-refractivity contribution < 1.29 is 9.59 Å². The number of carbonyl (C=O) groups excluding carboxylic acids is 2. The zero-order valence-corrected chi connectivity index (χ0v) is 13.6. The molecule has 2 rings (SSSR count). The molecule has 0 spiro atoms. The van der Waals surface area contributed by atoms with Gasteiger partial charge in [-0.05, 0) is 53.3 Å². The second kappa shape index (κ2) is 6.92. The van der Waals surface area contributed by atoms with Crippen LogP contribution in [0.1, 0.15) is 13.3 Å². The molecule has 3 amide bonds. The van der Waals surface area contributed by atoms with E-state index in [-0.39, 0.29) is 11.9 Å². The van der Waals surface area contributed by atoms with Crippen LogP contribution < -0.4 is 5.32 Å². The summed E-state index contributed by atoms with van der Waals surface area (Å²) in [5.41, 5.74) is 0.795. The molecule has 0 unspecified atom stereocenters. The lowest BCUT2D eigenvalue weighted by atomic mass is 10.3. The third-order valence-electron chi connectivity index (χ3n) is 3.32. The molecule has 1 fully saturated rings. The number of amides is 3. The number of anilines is 1. The van der Waals surface area contributed by atoms with Crippen LogP contribution in [0.25, 0.3) is 0 Å². The lowest BCUT2D eigenvalue weighted by Gasteiger charge is -2.21. The zero-order valence-electron chi connectivity index (χ0n) is 11.4. The van der Waals surface area contributed by atoms with Crippen LogP contribution in [0.5, 0.6) is 0 Å². The van der Waals surface area contributed by atoms with E-state index in [1.54, 1.807) is 16.7 Å². The number of hydrogen-bond donors (Lipinski definition) is 1. The Bertz CT molecular complexity index is 490. The maximum atomic E-state index is 12.2. The molecule has 6 heteroatoms. The van der Waals surface area contributed by atoms with Crippen LogP contribution in [0.15, 0.2) is 24.3 Å². The highest BCUT2D eigenvalue weighted by Crippen LogP contribution is 2.12. The second-order valence-corrected chi connectivity index (χ2v) is 6.03. The SMILES string of the molecule is CC(=O)N1CCCN(C(=O)Nc2ccc(I)cc2)CC1. The summed E-state index contributed by atoms with van der Waals surface area (Å²) in [5, 5.41) is 2.89. The first kappa shape index (κ1) is 15.1. The van der Waals surface area contributed by atoms with Crippen molar-refractivity contribution in [3.05, 3.63) is 27.8 Å². The predicted octanol–water partition coefficient (Wildman–Crippen LogP) is 2.38. The highest BCUT2D eigenvalue weighted by molar-refractivity contribution is 14.1. The van der Waals surface area contributed by atoms with E-state index in [1.807, 2.05) is 24.3 Å². The largest absolute Gasteiger partial charge is 0.341 e. The standard InChI is InChI=1S/C14H18IN3O2/c1-11(19)17-7-2-8-18(10-9-17)14(20)16-13-5-3-12(15)4-6-13/h3-6H,2,7-10H2,1H3,(H,16,20). The van der Waals surface area contributed by atoms with Gasteiger partial charge in [0.15, 0.2) is 0 Å². The average molecular weight is 387 g/mol. The van der Waals surface area contributed by atoms with E-state index in [1.165, 1.54) is 0 Å². The molecule has 1 aromatic rings. The Labute approximate surface area is 132 Å². The van der Waals surface area contributed by atoms with Crippen molar-refractivity contribution in [3.8, 4) is 0 Å². The summed E-state index contributed by atoms with van der Waals surface area (Å²) >= 11 is 2.23. The quantitative estimate of drug-likeness (QED) is 0.753. The Kier molecular flexibility index (Phi) is 5.22. The zero-order chi connectivity index (χ0) is 14.5. The Morgan fingerprint density at radius 2 is 1.65 bits per heavy atom. The lowest BCUT2D eigenvalue weighted by molar-refractivity contribution is -0.128. The Balaban J connectivity index is 1.92. The predicted molar refractivity (Wildman–Crippen MR) is 86.6 cm³/mol. The maximum absolute atomic E-state index is 12.2. The van der Waals surface area contributed by atoms with Crippen molar-refractivity contribution in [2.45, 2.75) is 13.3 Å². The first-order valence-electron chi connectivity index (χ1n) is 6.63. The second-order valence-electron chi connectivity index (χ2n) is 4.78. The summed E-state index contributed by atoms with van der Waals surface area (Å²) < 4.78 is 1.13. The molecule has 1 aliphatic rings. The van der Waals surface area contributed by atoms with Gasteiger partial charge in [0, 0.05) is 42.4 Å². The molecule has 1 aromatic carbocycles. The lowest BCUT2D eigenvalue weighted by Crippen LogP contribution is -2.38. The molecule has 108 valence electrons. The molecule has 0 aromatic heterocycles. The number of rotatable bonds is 1. The normalized spacial score (nSPS) is 15.7. The third-order valence-corrected chi connectivity index (χ3v) is 4.04. The number of nitrogens with one attached hydrogen (secondary N) is 1. The first-order chi connectivity index (χ1) is 9.56. The summed E-state index contributed by atoms with van der Waals surface area (Å²) in [5.74, 6) is 0.0740. The van der Waals surface area contributed by atoms with Crippen molar-refractivity contribution in [1.82, 2.24) is 9.80 Å². The smallest absolute Gasteiger partial charge is 0.321 e. The van der Waals surface area contributed by atoms with Gasteiger partial charge in [-0.3, -0.25) is 4.79 Å². The van der Waals surface area contributed by atoms with Crippen LogP contribution >= 0.6 is 22.6 Å². The van der Waals surface area contributed by atoms with Gasteiger partial charge in [-0.1, -0.05) is 0 Å². The first-order valence-corrected chi connectivity index (χ1v) is 7.71. The van der Waals surface area contributed by atoms with Crippen LogP contribution in [0.3, 0.4) is 0 Å². The van der Waals surface area contributed by atoms with E-state index in [9.17, 15) is 9.59 Å². The fraction of sp³-hybridized carbons (Fsp3) is 0.429. The number of benzene rings is 1. The van der Waals surface area contributed by atoms with Gasteiger partial charge >= 0.3 is 6.03 Å². The molecule has 20 heavy (non-hydrogen) atoms. The molecule has 0 bridgehead atoms. The van der Waals surface area contributed by atoms with Gasteiger partial charge in [-0.15, -0.1) is 0 Å². The van der Waals surface area contributed by atoms with Gasteiger partial charge in [0.1, 0.15) is 0 Å². The topological polar surface area (TPSA) is 52.7 Å². The third kappa shape index (κ3) is 4.09. The van der Waals surface area contributed by atoms with Crippen molar-refractivity contribution in [3.63, 3.8) is 0 Å². The molecular formula is C14H18IN3O2. The van der Waals surface area contributed by atoms with Crippen LogP contribution in [0.4, 0.5) is 10.5 Å². The minimum absolute atomic E-state index is 0.0740. The molecule has 5 nitrogen and oxygen atoms in total. The van der Waals surface area contributed by atoms with E-state index in [0.717, 1.165) is 22.2 Å². The molecule has 1 aliphatic heterocycles. The van der Waals surface area contributed by atoms with Crippen molar-refractivity contribution in [2.24, 2.45) is 0 Å². The maximum Gasteiger partial charge on any atom is 0.321 e. The molecular weight excluding hydrogens is 369 g/mol. The number of urea groups is 1. The molecule has 0 radical (unpaired) electrons. The van der Waals surface area contributed by atoms with E-state index in [0.29, 0.717) is 19.6 Å². The highest BCUT2D eigenvalue weighted by atomic mass is 127. The number of nitrogens with zero attached hydrogens (tertiary/aromatic N) is 2. The number of halogens is 1. The Hall–Kier alpha value is -1.31. The van der Waals surface area contributed by atoms with Crippen LogP contribution in [-0.4, -0.2) is 47.9 Å². The molecule has 1 heterocycles. The van der Waals surface area contributed by atoms with E-state index >= 15 is 0 Å². The van der Waals surface area contributed by atoms with Gasteiger partial charge in [0.05, 0.1) is 0 Å². The summed E-state index contributed by atoms with van der Waals surface area (Å²) in [6, 6.07) is 7.59. The molecule has 1 N–H and O–H groups in total. The fourth-order valence-corrected chi connectivity index (χ4v) is 2.53. The molecule has 1 saturated heterocycles. The van der Waals surface area contributed by atoms with E-state index in [4.69, 9.17) is 0 Å². The summed E-state index contributed by atoms with van der Waals surface area (Å²) in [6.07, 6.45) is 0.819.